The van der Waals surface area contributed by atoms with E-state index in [0.29, 0.717) is 38.2 Å². The van der Waals surface area contributed by atoms with Gasteiger partial charge >= 0.3 is 0 Å². The third kappa shape index (κ3) is 5.36. The second kappa shape index (κ2) is 10.2. The molecule has 2 N–H and O–H groups in total. The van der Waals surface area contributed by atoms with E-state index in [-0.39, 0.29) is 30.0 Å². The standard InChI is InChI=1S/C25H27N3O4/c29-23-11-5-4-10-22(23)26-25(31)19-12-14-27(15-13-19)18-24(30)28(17-21-9-6-16-32-21)20-7-2-1-3-8-20/h1-11,16,19,29H,12-15,17-18H2,(H,26,31). The van der Waals surface area contributed by atoms with Gasteiger partial charge in [-0.2, -0.15) is 0 Å². The molecule has 7 nitrogen and oxygen atoms in total. The van der Waals surface area contributed by atoms with E-state index in [0.717, 1.165) is 11.4 Å². The number of aromatic hydroxyl groups is 1. The molecule has 2 aromatic carbocycles. The van der Waals surface area contributed by atoms with Crippen LogP contribution >= 0.6 is 0 Å². The lowest BCUT2D eigenvalue weighted by Gasteiger charge is -2.32. The van der Waals surface area contributed by atoms with E-state index in [2.05, 4.69) is 10.2 Å². The van der Waals surface area contributed by atoms with Crippen molar-refractivity contribution in [3.05, 3.63) is 78.8 Å². The normalized spacial score (nSPS) is 14.8. The molecule has 1 aliphatic rings. The van der Waals surface area contributed by atoms with Crippen molar-refractivity contribution in [2.24, 2.45) is 5.92 Å². The van der Waals surface area contributed by atoms with Gasteiger partial charge in [0.1, 0.15) is 11.5 Å². The molecule has 1 aromatic heterocycles. The zero-order valence-corrected chi connectivity index (χ0v) is 17.8. The number of likely N-dealkylation sites (tertiary alicyclic amines) is 1. The van der Waals surface area contributed by atoms with Crippen LogP contribution in [0, 0.1) is 5.92 Å². The summed E-state index contributed by atoms with van der Waals surface area (Å²) in [5.41, 5.74) is 1.25. The van der Waals surface area contributed by atoms with Crippen LogP contribution in [0.3, 0.4) is 0 Å². The van der Waals surface area contributed by atoms with Crippen LogP contribution in [0.15, 0.2) is 77.4 Å². The van der Waals surface area contributed by atoms with E-state index in [9.17, 15) is 14.7 Å². The lowest BCUT2D eigenvalue weighted by Crippen LogP contribution is -2.44. The zero-order valence-electron chi connectivity index (χ0n) is 17.8. The quantitative estimate of drug-likeness (QED) is 0.553. The lowest BCUT2D eigenvalue weighted by atomic mass is 9.95. The molecule has 1 saturated heterocycles. The van der Waals surface area contributed by atoms with Gasteiger partial charge in [-0.1, -0.05) is 30.3 Å². The molecule has 0 aliphatic carbocycles. The van der Waals surface area contributed by atoms with Gasteiger partial charge in [0, 0.05) is 11.6 Å². The number of carbonyl (C=O) groups excluding carboxylic acids is 2. The molecule has 2 heterocycles. The number of phenols is 1. The Morgan fingerprint density at radius 2 is 1.72 bits per heavy atom. The maximum atomic E-state index is 13.2. The molecule has 0 radical (unpaired) electrons. The summed E-state index contributed by atoms with van der Waals surface area (Å²) in [5.74, 6) is 0.531. The average molecular weight is 434 g/mol. The summed E-state index contributed by atoms with van der Waals surface area (Å²) >= 11 is 0. The summed E-state index contributed by atoms with van der Waals surface area (Å²) < 4.78 is 5.45. The monoisotopic (exact) mass is 433 g/mol. The number of rotatable bonds is 7. The van der Waals surface area contributed by atoms with E-state index in [1.807, 2.05) is 42.5 Å². The molecular formula is C25H27N3O4. The Hall–Kier alpha value is -3.58. The van der Waals surface area contributed by atoms with Gasteiger partial charge in [0.2, 0.25) is 11.8 Å². The van der Waals surface area contributed by atoms with Gasteiger partial charge in [0.25, 0.3) is 0 Å². The molecule has 0 saturated carbocycles. The van der Waals surface area contributed by atoms with Gasteiger partial charge in [0.15, 0.2) is 0 Å². The Labute approximate surface area is 187 Å². The van der Waals surface area contributed by atoms with Crippen molar-refractivity contribution in [1.82, 2.24) is 4.90 Å². The number of benzene rings is 2. The first-order valence-electron chi connectivity index (χ1n) is 10.8. The van der Waals surface area contributed by atoms with Crippen molar-refractivity contribution in [2.75, 3.05) is 29.9 Å². The number of hydrogen-bond donors (Lipinski definition) is 2. The number of nitrogens with one attached hydrogen (secondary N) is 1. The second-order valence-corrected chi connectivity index (χ2v) is 7.95. The minimum absolute atomic E-state index is 0.00953. The predicted octanol–water partition coefficient (Wildman–Crippen LogP) is 3.87. The highest BCUT2D eigenvalue weighted by Crippen LogP contribution is 2.25. The molecule has 7 heteroatoms. The van der Waals surface area contributed by atoms with Crippen molar-refractivity contribution < 1.29 is 19.1 Å². The smallest absolute Gasteiger partial charge is 0.241 e. The van der Waals surface area contributed by atoms with Crippen molar-refractivity contribution >= 4 is 23.2 Å². The topological polar surface area (TPSA) is 86.0 Å². The van der Waals surface area contributed by atoms with Crippen LogP contribution < -0.4 is 10.2 Å². The molecule has 4 rings (SSSR count). The number of phenolic OH excluding ortho intramolecular Hbond substituents is 1. The van der Waals surface area contributed by atoms with E-state index < -0.39 is 0 Å². The van der Waals surface area contributed by atoms with Crippen LogP contribution in [0.5, 0.6) is 5.75 Å². The first-order chi connectivity index (χ1) is 15.6. The first-order valence-corrected chi connectivity index (χ1v) is 10.8. The number of piperidine rings is 1. The fourth-order valence-corrected chi connectivity index (χ4v) is 3.93. The number of hydrogen-bond acceptors (Lipinski definition) is 5. The maximum Gasteiger partial charge on any atom is 0.241 e. The molecule has 0 atom stereocenters. The molecule has 32 heavy (non-hydrogen) atoms. The molecule has 0 unspecified atom stereocenters. The van der Waals surface area contributed by atoms with Gasteiger partial charge in [-0.15, -0.1) is 0 Å². The summed E-state index contributed by atoms with van der Waals surface area (Å²) in [6, 6.07) is 19.9. The van der Waals surface area contributed by atoms with Crippen LogP contribution in [0.2, 0.25) is 0 Å². The zero-order chi connectivity index (χ0) is 22.3. The Bertz CT molecular complexity index is 1030. The number of anilines is 2. The van der Waals surface area contributed by atoms with Crippen molar-refractivity contribution in [3.63, 3.8) is 0 Å². The second-order valence-electron chi connectivity index (χ2n) is 7.95. The van der Waals surface area contributed by atoms with Crippen molar-refractivity contribution in [1.29, 1.82) is 0 Å². The number of para-hydroxylation sites is 3. The predicted molar refractivity (Wildman–Crippen MR) is 122 cm³/mol. The van der Waals surface area contributed by atoms with Gasteiger partial charge in [0.05, 0.1) is 25.0 Å². The lowest BCUT2D eigenvalue weighted by molar-refractivity contribution is -0.122. The van der Waals surface area contributed by atoms with Crippen LogP contribution in [-0.4, -0.2) is 41.5 Å². The molecule has 1 aliphatic heterocycles. The Morgan fingerprint density at radius 1 is 1.00 bits per heavy atom. The third-order valence-corrected chi connectivity index (χ3v) is 5.74. The number of nitrogens with zero attached hydrogens (tertiary/aromatic N) is 2. The Morgan fingerprint density at radius 3 is 2.41 bits per heavy atom. The molecule has 0 bridgehead atoms. The number of furan rings is 1. The summed E-state index contributed by atoms with van der Waals surface area (Å²) in [7, 11) is 0. The SMILES string of the molecule is O=C(Nc1ccccc1O)C1CCN(CC(=O)N(Cc2ccco2)c2ccccc2)CC1. The van der Waals surface area contributed by atoms with E-state index in [1.165, 1.54) is 0 Å². The summed E-state index contributed by atoms with van der Waals surface area (Å²) in [6.45, 7) is 1.97. The summed E-state index contributed by atoms with van der Waals surface area (Å²) in [5, 5.41) is 12.7. The molecule has 3 aromatic rings. The fraction of sp³-hybridized carbons (Fsp3) is 0.280. The Balaban J connectivity index is 1.33. The van der Waals surface area contributed by atoms with E-state index >= 15 is 0 Å². The maximum absolute atomic E-state index is 13.2. The van der Waals surface area contributed by atoms with Gasteiger partial charge in [-0.3, -0.25) is 14.5 Å². The molecule has 2 amide bonds. The van der Waals surface area contributed by atoms with Crippen LogP contribution in [-0.2, 0) is 16.1 Å². The van der Waals surface area contributed by atoms with Crippen LogP contribution in [0.4, 0.5) is 11.4 Å². The molecular weight excluding hydrogens is 406 g/mol. The van der Waals surface area contributed by atoms with E-state index in [1.54, 1.807) is 35.4 Å². The minimum Gasteiger partial charge on any atom is -0.506 e. The number of amides is 2. The summed E-state index contributed by atoms with van der Waals surface area (Å²) in [6.07, 6.45) is 2.93. The summed E-state index contributed by atoms with van der Waals surface area (Å²) in [4.78, 5) is 29.6. The first kappa shape index (κ1) is 21.6. The largest absolute Gasteiger partial charge is 0.506 e. The molecule has 1 fully saturated rings. The van der Waals surface area contributed by atoms with Crippen LogP contribution in [0.1, 0.15) is 18.6 Å². The minimum atomic E-state index is -0.144. The highest BCUT2D eigenvalue weighted by Gasteiger charge is 2.28. The van der Waals surface area contributed by atoms with Gasteiger partial charge < -0.3 is 19.7 Å². The van der Waals surface area contributed by atoms with Crippen molar-refractivity contribution in [2.45, 2.75) is 19.4 Å². The highest BCUT2D eigenvalue weighted by atomic mass is 16.3. The van der Waals surface area contributed by atoms with Gasteiger partial charge in [-0.05, 0) is 62.3 Å². The highest BCUT2D eigenvalue weighted by molar-refractivity contribution is 5.95. The Kier molecular flexibility index (Phi) is 6.87. The van der Waals surface area contributed by atoms with Crippen LogP contribution in [0.25, 0.3) is 0 Å². The fourth-order valence-electron chi connectivity index (χ4n) is 3.93. The average Bonchev–Trinajstić information content (AvgIpc) is 3.33. The third-order valence-electron chi connectivity index (χ3n) is 5.74. The van der Waals surface area contributed by atoms with Gasteiger partial charge in [-0.25, -0.2) is 0 Å². The number of carbonyl (C=O) groups is 2. The van der Waals surface area contributed by atoms with E-state index in [4.69, 9.17) is 4.42 Å². The molecule has 166 valence electrons. The van der Waals surface area contributed by atoms with Crippen molar-refractivity contribution in [3.8, 4) is 5.75 Å². The molecule has 0 spiro atoms.